The molecular formula is C28H29N3O6. The molecule has 3 N–H and O–H groups in total. The number of fused-ring (bicyclic) bond motifs is 2. The summed E-state index contributed by atoms with van der Waals surface area (Å²) in [7, 11) is 0. The third-order valence-corrected chi connectivity index (χ3v) is 5.73. The molecule has 0 spiro atoms. The number of unbranched alkanes of at least 4 members (excludes halogenated alkanes) is 1. The van der Waals surface area contributed by atoms with Crippen LogP contribution in [0.2, 0.25) is 0 Å². The molecule has 0 radical (unpaired) electrons. The Morgan fingerprint density at radius 3 is 2.89 bits per heavy atom. The smallest absolute Gasteiger partial charge is 0.303 e. The van der Waals surface area contributed by atoms with Crippen molar-refractivity contribution in [1.29, 1.82) is 0 Å². The van der Waals surface area contributed by atoms with Crippen molar-refractivity contribution in [1.82, 2.24) is 9.78 Å². The Bertz CT molecular complexity index is 1340. The number of rotatable bonds is 9. The number of nitrogens with zero attached hydrogens (tertiary/aromatic N) is 2. The predicted octanol–water partition coefficient (Wildman–Crippen LogP) is 3.78. The summed E-state index contributed by atoms with van der Waals surface area (Å²) in [4.78, 5) is 21.9. The van der Waals surface area contributed by atoms with Gasteiger partial charge in [-0.05, 0) is 24.6 Å². The quantitative estimate of drug-likeness (QED) is 0.231. The molecule has 1 aliphatic heterocycles. The fourth-order valence-corrected chi connectivity index (χ4v) is 3.94. The maximum absolute atomic E-state index is 11.4. The summed E-state index contributed by atoms with van der Waals surface area (Å²) in [5.41, 5.74) is 5.21. The largest absolute Gasteiger partial charge is 0.487 e. The van der Waals surface area contributed by atoms with Crippen LogP contribution in [0.15, 0.2) is 48.5 Å². The lowest BCUT2D eigenvalue weighted by molar-refractivity contribution is -0.142. The van der Waals surface area contributed by atoms with Crippen LogP contribution in [-0.2, 0) is 27.5 Å². The highest BCUT2D eigenvalue weighted by atomic mass is 16.6. The maximum atomic E-state index is 11.4. The van der Waals surface area contributed by atoms with E-state index in [0.717, 1.165) is 33.8 Å². The zero-order valence-electron chi connectivity index (χ0n) is 20.6. The second-order valence-electron chi connectivity index (χ2n) is 8.68. The number of aliphatic hydroxyl groups is 1. The minimum Gasteiger partial charge on any atom is -0.487 e. The van der Waals surface area contributed by atoms with E-state index in [2.05, 4.69) is 17.2 Å². The first-order valence-electron chi connectivity index (χ1n) is 12.1. The summed E-state index contributed by atoms with van der Waals surface area (Å²) in [6, 6.07) is 15.5. The molecule has 0 fully saturated rings. The standard InChI is InChI=1S/C28H29N3O6/c1-19(32)29-22-11-10-21-17-31-23(18-37-26(21)15-22)16-25(30-31)24-9-5-4-8-20(24)7-3-2-6-14-36-28(35)13-12-27(33)34/h4-5,8-11,15-16,28,35H,2,6,12-14,17-18H2,1H3,(H,29,32)(H,33,34). The molecule has 1 amide bonds. The number of aromatic nitrogens is 2. The normalized spacial score (nSPS) is 12.7. The third kappa shape index (κ3) is 7.19. The molecule has 4 rings (SSSR count). The van der Waals surface area contributed by atoms with E-state index in [9.17, 15) is 14.7 Å². The fourth-order valence-electron chi connectivity index (χ4n) is 3.94. The van der Waals surface area contributed by atoms with Crippen LogP contribution in [0.4, 0.5) is 5.69 Å². The van der Waals surface area contributed by atoms with Crippen LogP contribution < -0.4 is 10.1 Å². The van der Waals surface area contributed by atoms with Gasteiger partial charge in [0.25, 0.3) is 0 Å². The van der Waals surface area contributed by atoms with Gasteiger partial charge >= 0.3 is 5.97 Å². The summed E-state index contributed by atoms with van der Waals surface area (Å²) >= 11 is 0. The maximum Gasteiger partial charge on any atom is 0.303 e. The van der Waals surface area contributed by atoms with E-state index in [1.165, 1.54) is 6.92 Å². The summed E-state index contributed by atoms with van der Waals surface area (Å²) in [5.74, 6) is 5.99. The number of carboxylic acid groups (broad SMARTS) is 1. The number of aliphatic hydroxyl groups excluding tert-OH is 1. The molecule has 1 aromatic heterocycles. The van der Waals surface area contributed by atoms with E-state index < -0.39 is 12.3 Å². The number of hydrogen-bond donors (Lipinski definition) is 3. The van der Waals surface area contributed by atoms with Gasteiger partial charge in [-0.2, -0.15) is 5.10 Å². The molecule has 37 heavy (non-hydrogen) atoms. The zero-order valence-corrected chi connectivity index (χ0v) is 20.6. The van der Waals surface area contributed by atoms with E-state index in [-0.39, 0.29) is 18.7 Å². The second-order valence-corrected chi connectivity index (χ2v) is 8.68. The Morgan fingerprint density at radius 1 is 1.24 bits per heavy atom. The molecular weight excluding hydrogens is 474 g/mol. The van der Waals surface area contributed by atoms with Gasteiger partial charge in [-0.1, -0.05) is 36.1 Å². The molecule has 1 aliphatic rings. The molecule has 192 valence electrons. The number of carboxylic acids is 1. The summed E-state index contributed by atoms with van der Waals surface area (Å²) < 4.78 is 13.2. The molecule has 0 saturated heterocycles. The van der Waals surface area contributed by atoms with Crippen molar-refractivity contribution in [2.45, 2.75) is 52.0 Å². The van der Waals surface area contributed by atoms with Gasteiger partial charge in [0.2, 0.25) is 5.91 Å². The fraction of sp³-hybridized carbons (Fsp3) is 0.321. The number of carbonyl (C=O) groups excluding carboxylic acids is 1. The van der Waals surface area contributed by atoms with Crippen LogP contribution in [0.5, 0.6) is 5.75 Å². The number of anilines is 1. The van der Waals surface area contributed by atoms with Gasteiger partial charge in [0, 0.05) is 48.2 Å². The second kappa shape index (κ2) is 12.2. The Morgan fingerprint density at radius 2 is 2.08 bits per heavy atom. The molecule has 0 aliphatic carbocycles. The van der Waals surface area contributed by atoms with Gasteiger partial charge in [-0.3, -0.25) is 14.3 Å². The van der Waals surface area contributed by atoms with Gasteiger partial charge in [0.15, 0.2) is 6.29 Å². The average Bonchev–Trinajstić information content (AvgIpc) is 3.19. The van der Waals surface area contributed by atoms with E-state index in [0.29, 0.717) is 38.3 Å². The van der Waals surface area contributed by atoms with Crippen LogP contribution >= 0.6 is 0 Å². The highest BCUT2D eigenvalue weighted by Crippen LogP contribution is 2.30. The van der Waals surface area contributed by atoms with E-state index in [4.69, 9.17) is 19.7 Å². The Balaban J connectivity index is 1.40. The van der Waals surface area contributed by atoms with E-state index in [1.54, 1.807) is 0 Å². The Kier molecular flexibility index (Phi) is 8.56. The van der Waals surface area contributed by atoms with Crippen LogP contribution in [0.25, 0.3) is 11.3 Å². The van der Waals surface area contributed by atoms with Crippen molar-refractivity contribution in [3.05, 3.63) is 65.4 Å². The van der Waals surface area contributed by atoms with Crippen LogP contribution in [-0.4, -0.2) is 44.8 Å². The van der Waals surface area contributed by atoms with Crippen LogP contribution in [0, 0.1) is 11.8 Å². The highest BCUT2D eigenvalue weighted by Gasteiger charge is 2.18. The first-order chi connectivity index (χ1) is 17.9. The molecule has 1 atom stereocenters. The lowest BCUT2D eigenvalue weighted by Crippen LogP contribution is -2.14. The molecule has 9 nitrogen and oxygen atoms in total. The number of carbonyl (C=O) groups is 2. The van der Waals surface area contributed by atoms with Crippen molar-refractivity contribution in [2.24, 2.45) is 0 Å². The van der Waals surface area contributed by atoms with Gasteiger partial charge in [-0.25, -0.2) is 0 Å². The minimum atomic E-state index is -1.07. The van der Waals surface area contributed by atoms with Gasteiger partial charge in [0.05, 0.1) is 31.0 Å². The first kappa shape index (κ1) is 25.9. The summed E-state index contributed by atoms with van der Waals surface area (Å²) in [6.45, 7) is 2.69. The Labute approximate surface area is 215 Å². The summed E-state index contributed by atoms with van der Waals surface area (Å²) in [5, 5.41) is 25.9. The molecule has 2 aromatic carbocycles. The SMILES string of the molecule is CC(=O)Nc1ccc2c(c1)OCc1cc(-c3ccccc3C#CCCCOC(O)CCC(=O)O)nn1C2. The molecule has 1 unspecified atom stereocenters. The molecule has 0 saturated carbocycles. The third-order valence-electron chi connectivity index (χ3n) is 5.73. The number of nitrogens with one attached hydrogen (secondary N) is 1. The molecule has 9 heteroatoms. The van der Waals surface area contributed by atoms with Crippen molar-refractivity contribution < 1.29 is 29.3 Å². The van der Waals surface area contributed by atoms with Crippen LogP contribution in [0.1, 0.15) is 49.4 Å². The lowest BCUT2D eigenvalue weighted by atomic mass is 10.0. The first-order valence-corrected chi connectivity index (χ1v) is 12.1. The van der Waals surface area contributed by atoms with Crippen molar-refractivity contribution in [2.75, 3.05) is 11.9 Å². The lowest BCUT2D eigenvalue weighted by Gasteiger charge is -2.09. The van der Waals surface area contributed by atoms with Gasteiger partial charge in [0.1, 0.15) is 12.4 Å². The van der Waals surface area contributed by atoms with Crippen molar-refractivity contribution >= 4 is 17.6 Å². The van der Waals surface area contributed by atoms with Crippen molar-refractivity contribution in [3.63, 3.8) is 0 Å². The van der Waals surface area contributed by atoms with Crippen molar-refractivity contribution in [3.8, 4) is 28.8 Å². The number of hydrogen-bond acceptors (Lipinski definition) is 6. The van der Waals surface area contributed by atoms with Crippen LogP contribution in [0.3, 0.4) is 0 Å². The number of benzene rings is 2. The molecule has 3 aromatic rings. The summed E-state index contributed by atoms with van der Waals surface area (Å²) in [6.07, 6.45) is 0.0603. The van der Waals surface area contributed by atoms with E-state index >= 15 is 0 Å². The van der Waals surface area contributed by atoms with Gasteiger partial charge in [-0.15, -0.1) is 0 Å². The zero-order chi connectivity index (χ0) is 26.2. The highest BCUT2D eigenvalue weighted by molar-refractivity contribution is 5.89. The predicted molar refractivity (Wildman–Crippen MR) is 137 cm³/mol. The molecule has 2 heterocycles. The Hall–Kier alpha value is -4.13. The average molecular weight is 504 g/mol. The number of ether oxygens (including phenoxy) is 2. The van der Waals surface area contributed by atoms with E-state index in [1.807, 2.05) is 53.2 Å². The van der Waals surface area contributed by atoms with Gasteiger partial charge < -0.3 is 25.0 Å². The minimum absolute atomic E-state index is 0.0672. The molecule has 0 bridgehead atoms. The topological polar surface area (TPSA) is 123 Å². The monoisotopic (exact) mass is 503 g/mol. The number of aliphatic carboxylic acids is 1. The number of amides is 1.